The molecule has 28 heavy (non-hydrogen) atoms. The third-order valence-corrected chi connectivity index (χ3v) is 7.41. The van der Waals surface area contributed by atoms with Gasteiger partial charge in [0, 0.05) is 19.0 Å². The maximum absolute atomic E-state index is 12.8. The van der Waals surface area contributed by atoms with Gasteiger partial charge in [0.15, 0.2) is 0 Å². The predicted molar refractivity (Wildman–Crippen MR) is 110 cm³/mol. The Morgan fingerprint density at radius 1 is 1.04 bits per heavy atom. The molecule has 0 unspecified atom stereocenters. The van der Waals surface area contributed by atoms with E-state index in [1.807, 2.05) is 45.0 Å². The number of aryl methyl sites for hydroxylation is 2. The summed E-state index contributed by atoms with van der Waals surface area (Å²) in [5, 5.41) is 3.09. The molecule has 0 aliphatic carbocycles. The lowest BCUT2D eigenvalue weighted by molar-refractivity contribution is -0.126. The average molecular weight is 401 g/mol. The minimum absolute atomic E-state index is 0.00290. The Bertz CT molecular complexity index is 931. The van der Waals surface area contributed by atoms with Crippen molar-refractivity contribution in [1.82, 2.24) is 9.62 Å². The molecular formula is C22H28N2O3S. The van der Waals surface area contributed by atoms with Crippen LogP contribution in [0.15, 0.2) is 53.4 Å². The van der Waals surface area contributed by atoms with Crippen LogP contribution in [-0.4, -0.2) is 31.7 Å². The average Bonchev–Trinajstić information content (AvgIpc) is 2.68. The molecule has 150 valence electrons. The number of nitrogens with zero attached hydrogens (tertiary/aromatic N) is 1. The zero-order valence-corrected chi connectivity index (χ0v) is 17.5. The molecule has 1 heterocycles. The molecule has 3 rings (SSSR count). The van der Waals surface area contributed by atoms with Crippen LogP contribution >= 0.6 is 0 Å². The maximum Gasteiger partial charge on any atom is 0.243 e. The molecule has 6 heteroatoms. The van der Waals surface area contributed by atoms with Gasteiger partial charge in [-0.3, -0.25) is 4.79 Å². The molecule has 0 spiro atoms. The summed E-state index contributed by atoms with van der Waals surface area (Å²) in [6, 6.07) is 14.9. The molecular weight excluding hydrogens is 372 g/mol. The molecule has 1 atom stereocenters. The molecule has 1 amide bonds. The van der Waals surface area contributed by atoms with Crippen molar-refractivity contribution in [3.8, 4) is 0 Å². The zero-order chi connectivity index (χ0) is 20.3. The fourth-order valence-electron chi connectivity index (χ4n) is 3.70. The number of nitrogens with one attached hydrogen (secondary N) is 1. The lowest BCUT2D eigenvalue weighted by atomic mass is 9.96. The van der Waals surface area contributed by atoms with Crippen molar-refractivity contribution in [1.29, 1.82) is 0 Å². The molecule has 0 radical (unpaired) electrons. The SMILES string of the molecule is Cc1ccc(S(=O)(=O)N2CCC(C(=O)N[C@@H](C)c3ccccc3C)CC2)cc1. The van der Waals surface area contributed by atoms with Gasteiger partial charge < -0.3 is 5.32 Å². The van der Waals surface area contributed by atoms with Crippen molar-refractivity contribution >= 4 is 15.9 Å². The standard InChI is InChI=1S/C22H28N2O3S/c1-16-8-10-20(11-9-16)28(26,27)24-14-12-19(13-15-24)22(25)23-18(3)21-7-5-4-6-17(21)2/h4-11,18-19H,12-15H2,1-3H3,(H,23,25)/t18-/m0/s1. The highest BCUT2D eigenvalue weighted by molar-refractivity contribution is 7.89. The van der Waals surface area contributed by atoms with Gasteiger partial charge in [0.1, 0.15) is 0 Å². The first-order chi connectivity index (χ1) is 13.3. The van der Waals surface area contributed by atoms with E-state index >= 15 is 0 Å². The smallest absolute Gasteiger partial charge is 0.243 e. The fraction of sp³-hybridized carbons (Fsp3) is 0.409. The second-order valence-corrected chi connectivity index (χ2v) is 9.52. The molecule has 2 aromatic carbocycles. The quantitative estimate of drug-likeness (QED) is 0.834. The van der Waals surface area contributed by atoms with E-state index in [1.165, 1.54) is 4.31 Å². The van der Waals surface area contributed by atoms with E-state index in [4.69, 9.17) is 0 Å². The lowest BCUT2D eigenvalue weighted by Crippen LogP contribution is -2.43. The molecule has 5 nitrogen and oxygen atoms in total. The molecule has 0 bridgehead atoms. The van der Waals surface area contributed by atoms with Gasteiger partial charge in [0.25, 0.3) is 0 Å². The molecule has 1 N–H and O–H groups in total. The number of amides is 1. The van der Waals surface area contributed by atoms with Crippen LogP contribution < -0.4 is 5.32 Å². The number of hydrogen-bond donors (Lipinski definition) is 1. The lowest BCUT2D eigenvalue weighted by Gasteiger charge is -2.31. The summed E-state index contributed by atoms with van der Waals surface area (Å²) in [4.78, 5) is 13.0. The van der Waals surface area contributed by atoms with Crippen molar-refractivity contribution in [3.63, 3.8) is 0 Å². The second-order valence-electron chi connectivity index (χ2n) is 7.58. The van der Waals surface area contributed by atoms with Crippen molar-refractivity contribution in [3.05, 3.63) is 65.2 Å². The molecule has 0 saturated carbocycles. The van der Waals surface area contributed by atoms with Crippen molar-refractivity contribution < 1.29 is 13.2 Å². The van der Waals surface area contributed by atoms with Crippen molar-refractivity contribution in [2.45, 2.75) is 44.6 Å². The molecule has 1 aliphatic rings. The number of sulfonamides is 1. The molecule has 1 fully saturated rings. The first kappa shape index (κ1) is 20.6. The van der Waals surface area contributed by atoms with Crippen LogP contribution in [0.5, 0.6) is 0 Å². The van der Waals surface area contributed by atoms with Crippen molar-refractivity contribution in [2.24, 2.45) is 5.92 Å². The summed E-state index contributed by atoms with van der Waals surface area (Å²) in [7, 11) is -3.50. The van der Waals surface area contributed by atoms with Crippen LogP contribution in [-0.2, 0) is 14.8 Å². The largest absolute Gasteiger partial charge is 0.349 e. The summed E-state index contributed by atoms with van der Waals surface area (Å²) in [5.74, 6) is -0.154. The Kier molecular flexibility index (Phi) is 6.20. The van der Waals surface area contributed by atoms with E-state index in [0.717, 1.165) is 16.7 Å². The Balaban J connectivity index is 1.59. The first-order valence-electron chi connectivity index (χ1n) is 9.72. The number of rotatable bonds is 5. The first-order valence-corrected chi connectivity index (χ1v) is 11.2. The van der Waals surface area contributed by atoms with Gasteiger partial charge in [-0.15, -0.1) is 0 Å². The van der Waals surface area contributed by atoms with Gasteiger partial charge in [0.05, 0.1) is 10.9 Å². The predicted octanol–water partition coefficient (Wildman–Crippen LogP) is 3.58. The summed E-state index contributed by atoms with van der Waals surface area (Å²) in [5.41, 5.74) is 3.28. The van der Waals surface area contributed by atoms with E-state index in [-0.39, 0.29) is 17.9 Å². The van der Waals surface area contributed by atoms with E-state index in [9.17, 15) is 13.2 Å². The highest BCUT2D eigenvalue weighted by Crippen LogP contribution is 2.25. The molecule has 1 saturated heterocycles. The minimum atomic E-state index is -3.50. The highest BCUT2D eigenvalue weighted by Gasteiger charge is 2.32. The van der Waals surface area contributed by atoms with E-state index in [1.54, 1.807) is 24.3 Å². The van der Waals surface area contributed by atoms with Gasteiger partial charge >= 0.3 is 0 Å². The molecule has 1 aliphatic heterocycles. The highest BCUT2D eigenvalue weighted by atomic mass is 32.2. The fourth-order valence-corrected chi connectivity index (χ4v) is 5.17. The van der Waals surface area contributed by atoms with Gasteiger partial charge in [-0.2, -0.15) is 4.31 Å². The molecule has 0 aromatic heterocycles. The van der Waals surface area contributed by atoms with E-state index in [2.05, 4.69) is 5.32 Å². The number of benzene rings is 2. The Hall–Kier alpha value is -2.18. The van der Waals surface area contributed by atoms with Crippen LogP contribution in [0.1, 0.15) is 42.5 Å². The number of piperidine rings is 1. The van der Waals surface area contributed by atoms with Crippen LogP contribution in [0, 0.1) is 19.8 Å². The van der Waals surface area contributed by atoms with Gasteiger partial charge in [-0.05, 0) is 56.9 Å². The Morgan fingerprint density at radius 3 is 2.25 bits per heavy atom. The number of hydrogen-bond acceptors (Lipinski definition) is 3. The second kappa shape index (κ2) is 8.45. The van der Waals surface area contributed by atoms with E-state index < -0.39 is 10.0 Å². The summed E-state index contributed by atoms with van der Waals surface area (Å²) in [6.07, 6.45) is 1.08. The van der Waals surface area contributed by atoms with Crippen molar-refractivity contribution in [2.75, 3.05) is 13.1 Å². The van der Waals surface area contributed by atoms with Crippen LogP contribution in [0.3, 0.4) is 0 Å². The topological polar surface area (TPSA) is 66.5 Å². The maximum atomic E-state index is 12.8. The third kappa shape index (κ3) is 4.45. The normalized spacial score (nSPS) is 17.2. The van der Waals surface area contributed by atoms with E-state index in [0.29, 0.717) is 30.8 Å². The number of carbonyl (C=O) groups excluding carboxylic acids is 1. The van der Waals surface area contributed by atoms with Gasteiger partial charge in [-0.25, -0.2) is 8.42 Å². The van der Waals surface area contributed by atoms with Crippen LogP contribution in [0.25, 0.3) is 0 Å². The Labute approximate surface area is 167 Å². The van der Waals surface area contributed by atoms with Gasteiger partial charge in [-0.1, -0.05) is 42.0 Å². The van der Waals surface area contributed by atoms with Crippen LogP contribution in [0.2, 0.25) is 0 Å². The zero-order valence-electron chi connectivity index (χ0n) is 16.7. The third-order valence-electron chi connectivity index (χ3n) is 5.50. The summed E-state index contributed by atoms with van der Waals surface area (Å²) in [6.45, 7) is 6.68. The minimum Gasteiger partial charge on any atom is -0.349 e. The summed E-state index contributed by atoms with van der Waals surface area (Å²) >= 11 is 0. The van der Waals surface area contributed by atoms with Gasteiger partial charge in [0.2, 0.25) is 15.9 Å². The Morgan fingerprint density at radius 2 is 1.64 bits per heavy atom. The molecule has 2 aromatic rings. The number of carbonyl (C=O) groups is 1. The van der Waals surface area contributed by atoms with Crippen LogP contribution in [0.4, 0.5) is 0 Å². The summed E-state index contributed by atoms with van der Waals surface area (Å²) < 4.78 is 27.1. The monoisotopic (exact) mass is 400 g/mol.